The molecule has 0 N–H and O–H groups in total. The Bertz CT molecular complexity index is 4160. The predicted octanol–water partition coefficient (Wildman–Crippen LogP) is 15.4. The molecular formula is C56H32N4OS. The highest BCUT2D eigenvalue weighted by atomic mass is 32.1. The Morgan fingerprint density at radius 1 is 0.452 bits per heavy atom. The number of rotatable bonds is 4. The SMILES string of the molecule is c1ccc(-c2nc(-n3c4ccccc4c4cc(-c5cc6c7ccccc7n(-c7ccccc7)c6c6sc7ccccc7c56)ccc43)nc3c2oc2ccc4ccccc4c23)cc1. The highest BCUT2D eigenvalue weighted by Crippen LogP contribution is 2.48. The summed E-state index contributed by atoms with van der Waals surface area (Å²) >= 11 is 1.88. The van der Waals surface area contributed by atoms with E-state index in [1.54, 1.807) is 0 Å². The van der Waals surface area contributed by atoms with E-state index >= 15 is 0 Å². The minimum atomic E-state index is 0.604. The maximum Gasteiger partial charge on any atom is 0.236 e. The molecule has 0 saturated heterocycles. The smallest absolute Gasteiger partial charge is 0.236 e. The van der Waals surface area contributed by atoms with Gasteiger partial charge in [0, 0.05) is 48.3 Å². The zero-order chi connectivity index (χ0) is 40.5. The van der Waals surface area contributed by atoms with Gasteiger partial charge in [-0.25, -0.2) is 9.97 Å². The summed E-state index contributed by atoms with van der Waals surface area (Å²) in [4.78, 5) is 10.8. The fourth-order valence-corrected chi connectivity index (χ4v) is 11.3. The molecule has 9 aromatic carbocycles. The van der Waals surface area contributed by atoms with Crippen LogP contribution in [0.3, 0.4) is 0 Å². The van der Waals surface area contributed by atoms with Gasteiger partial charge in [-0.3, -0.25) is 4.57 Å². The zero-order valence-electron chi connectivity index (χ0n) is 33.1. The quantitative estimate of drug-likeness (QED) is 0.178. The number of hydrogen-bond donors (Lipinski definition) is 0. The van der Waals surface area contributed by atoms with Crippen molar-refractivity contribution in [3.8, 4) is 34.0 Å². The fraction of sp³-hybridized carbons (Fsp3) is 0. The number of thiophene rings is 1. The lowest BCUT2D eigenvalue weighted by Gasteiger charge is -2.12. The van der Waals surface area contributed by atoms with Crippen LogP contribution in [0.15, 0.2) is 199 Å². The molecule has 62 heavy (non-hydrogen) atoms. The molecule has 0 aliphatic carbocycles. The molecule has 14 aromatic rings. The third-order valence-electron chi connectivity index (χ3n) is 12.7. The second kappa shape index (κ2) is 12.7. The molecule has 6 heteroatoms. The predicted molar refractivity (Wildman–Crippen MR) is 259 cm³/mol. The average molecular weight is 809 g/mol. The van der Waals surface area contributed by atoms with E-state index < -0.39 is 0 Å². The van der Waals surface area contributed by atoms with Crippen molar-refractivity contribution in [3.63, 3.8) is 0 Å². The van der Waals surface area contributed by atoms with Crippen LogP contribution in [-0.2, 0) is 0 Å². The van der Waals surface area contributed by atoms with Crippen LogP contribution in [0, 0.1) is 0 Å². The van der Waals surface area contributed by atoms with Crippen molar-refractivity contribution in [2.24, 2.45) is 0 Å². The lowest BCUT2D eigenvalue weighted by molar-refractivity contribution is 0.667. The molecule has 5 heterocycles. The molecule has 0 saturated carbocycles. The van der Waals surface area contributed by atoms with Crippen molar-refractivity contribution in [3.05, 3.63) is 194 Å². The summed E-state index contributed by atoms with van der Waals surface area (Å²) in [6.45, 7) is 0. The van der Waals surface area contributed by atoms with Gasteiger partial charge in [0.25, 0.3) is 0 Å². The number of hydrogen-bond acceptors (Lipinski definition) is 4. The number of aromatic nitrogens is 4. The first-order valence-electron chi connectivity index (χ1n) is 20.9. The second-order valence-electron chi connectivity index (χ2n) is 16.1. The maximum absolute atomic E-state index is 6.67. The van der Waals surface area contributed by atoms with Crippen LogP contribution in [0.25, 0.3) is 131 Å². The van der Waals surface area contributed by atoms with Crippen molar-refractivity contribution in [1.82, 2.24) is 19.1 Å². The van der Waals surface area contributed by atoms with E-state index in [9.17, 15) is 0 Å². The topological polar surface area (TPSA) is 48.8 Å². The molecule has 5 aromatic heterocycles. The fourth-order valence-electron chi connectivity index (χ4n) is 10.0. The Labute approximate surface area is 358 Å². The molecule has 0 fully saturated rings. The second-order valence-corrected chi connectivity index (χ2v) is 17.1. The number of para-hydroxylation sites is 3. The summed E-state index contributed by atoms with van der Waals surface area (Å²) in [5, 5.41) is 10.6. The largest absolute Gasteiger partial charge is 0.452 e. The summed E-state index contributed by atoms with van der Waals surface area (Å²) in [5.41, 5.74) is 12.1. The van der Waals surface area contributed by atoms with Gasteiger partial charge in [-0.15, -0.1) is 11.3 Å². The van der Waals surface area contributed by atoms with Crippen LogP contribution in [-0.4, -0.2) is 19.1 Å². The third-order valence-corrected chi connectivity index (χ3v) is 13.9. The highest BCUT2D eigenvalue weighted by molar-refractivity contribution is 7.26. The average Bonchev–Trinajstić information content (AvgIpc) is 4.09. The minimum absolute atomic E-state index is 0.604. The first-order valence-corrected chi connectivity index (χ1v) is 21.7. The van der Waals surface area contributed by atoms with Gasteiger partial charge >= 0.3 is 0 Å². The van der Waals surface area contributed by atoms with E-state index in [1.165, 1.54) is 53.1 Å². The summed E-state index contributed by atoms with van der Waals surface area (Å²) in [6, 6.07) is 69.4. The van der Waals surface area contributed by atoms with E-state index in [-0.39, 0.29) is 0 Å². The van der Waals surface area contributed by atoms with Crippen molar-refractivity contribution in [2.75, 3.05) is 0 Å². The van der Waals surface area contributed by atoms with Crippen molar-refractivity contribution >= 4 is 108 Å². The lowest BCUT2D eigenvalue weighted by Crippen LogP contribution is -2.02. The van der Waals surface area contributed by atoms with Crippen molar-refractivity contribution in [1.29, 1.82) is 0 Å². The molecule has 14 rings (SSSR count). The van der Waals surface area contributed by atoms with Gasteiger partial charge in [0.2, 0.25) is 5.95 Å². The molecule has 0 aliphatic heterocycles. The highest BCUT2D eigenvalue weighted by Gasteiger charge is 2.25. The zero-order valence-corrected chi connectivity index (χ0v) is 33.9. The van der Waals surface area contributed by atoms with E-state index in [0.717, 1.165) is 66.0 Å². The van der Waals surface area contributed by atoms with Crippen LogP contribution in [0.1, 0.15) is 0 Å². The summed E-state index contributed by atoms with van der Waals surface area (Å²) in [7, 11) is 0. The Hall–Kier alpha value is -8.06. The van der Waals surface area contributed by atoms with Crippen LogP contribution < -0.4 is 0 Å². The third kappa shape index (κ3) is 4.67. The molecular weight excluding hydrogens is 777 g/mol. The Morgan fingerprint density at radius 3 is 1.94 bits per heavy atom. The molecule has 0 atom stereocenters. The molecule has 0 radical (unpaired) electrons. The Balaban J connectivity index is 1.07. The summed E-state index contributed by atoms with van der Waals surface area (Å²) < 4.78 is 13.9. The minimum Gasteiger partial charge on any atom is -0.452 e. The molecule has 0 bridgehead atoms. The number of furan rings is 1. The van der Waals surface area contributed by atoms with Gasteiger partial charge in [-0.1, -0.05) is 140 Å². The van der Waals surface area contributed by atoms with Crippen LogP contribution >= 0.6 is 11.3 Å². The Kier molecular flexibility index (Phi) is 6.92. The van der Waals surface area contributed by atoms with Gasteiger partial charge < -0.3 is 8.98 Å². The standard InChI is InChI=1S/C56H32N4OS/c1-3-16-34(17-4-1)51-54-52(50-37-20-8-7-15-33(37)28-30-47(50)61-54)58-56(57-51)60-45-25-13-9-21-38(45)42-31-35(27-29-46(42)60)41-32-43-39-22-10-12-24-44(39)59(36-18-5-2-6-19-36)53(43)55-49(41)40-23-11-14-26-48(40)62-55/h1-32H. The summed E-state index contributed by atoms with van der Waals surface area (Å²) in [6.07, 6.45) is 0. The molecule has 0 unspecified atom stereocenters. The number of fused-ring (bicyclic) bond motifs is 15. The van der Waals surface area contributed by atoms with Gasteiger partial charge in [0.05, 0.1) is 32.2 Å². The van der Waals surface area contributed by atoms with Crippen molar-refractivity contribution in [2.45, 2.75) is 0 Å². The van der Waals surface area contributed by atoms with Crippen LogP contribution in [0.5, 0.6) is 0 Å². The number of nitrogens with zero attached hydrogens (tertiary/aromatic N) is 4. The van der Waals surface area contributed by atoms with Crippen molar-refractivity contribution < 1.29 is 4.42 Å². The molecule has 0 spiro atoms. The maximum atomic E-state index is 6.67. The first-order chi connectivity index (χ1) is 30.8. The van der Waals surface area contributed by atoms with E-state index in [0.29, 0.717) is 11.5 Å². The summed E-state index contributed by atoms with van der Waals surface area (Å²) in [5.74, 6) is 0.604. The van der Waals surface area contributed by atoms with Gasteiger partial charge in [0.1, 0.15) is 16.8 Å². The normalized spacial score (nSPS) is 12.2. The van der Waals surface area contributed by atoms with Gasteiger partial charge in [-0.05, 0) is 76.5 Å². The van der Waals surface area contributed by atoms with Crippen LogP contribution in [0.4, 0.5) is 0 Å². The molecule has 0 aliphatic rings. The molecule has 288 valence electrons. The van der Waals surface area contributed by atoms with Gasteiger partial charge in [0.15, 0.2) is 5.58 Å². The van der Waals surface area contributed by atoms with E-state index in [4.69, 9.17) is 14.4 Å². The van der Waals surface area contributed by atoms with E-state index in [1.807, 2.05) is 29.5 Å². The molecule has 5 nitrogen and oxygen atoms in total. The van der Waals surface area contributed by atoms with Gasteiger partial charge in [-0.2, -0.15) is 0 Å². The van der Waals surface area contributed by atoms with E-state index in [2.05, 4.69) is 185 Å². The Morgan fingerprint density at radius 2 is 1.11 bits per heavy atom. The monoisotopic (exact) mass is 808 g/mol. The number of benzene rings is 9. The first kappa shape index (κ1) is 33.7. The molecule has 0 amide bonds. The lowest BCUT2D eigenvalue weighted by atomic mass is 9.95. The van der Waals surface area contributed by atoms with Crippen LogP contribution in [0.2, 0.25) is 0 Å².